The molecule has 4 saturated carbocycles. The highest BCUT2D eigenvalue weighted by Crippen LogP contribution is 2.67. The molecule has 39 heavy (non-hydrogen) atoms. The number of halogens is 1. The SMILES string of the molecule is C[C@]12C[C@@H]3C[C@](C)(C1)C[C@@](Nc1nc(Cl)nc4c1ncn4[C@@H]1O[C@H](CCC(=O)CS(=O)(=O)O)[C@H](O)C1O)(C3)C2. The Bertz CT molecular complexity index is 1420. The van der Waals surface area contributed by atoms with Crippen molar-refractivity contribution in [1.82, 2.24) is 19.5 Å². The summed E-state index contributed by atoms with van der Waals surface area (Å²) in [6, 6.07) is 0. The molecule has 0 amide bonds. The molecule has 1 unspecified atom stereocenters. The normalized spacial score (nSPS) is 39.5. The Morgan fingerprint density at radius 2 is 1.85 bits per heavy atom. The van der Waals surface area contributed by atoms with E-state index in [1.54, 1.807) is 0 Å². The summed E-state index contributed by atoms with van der Waals surface area (Å²) >= 11 is 6.37. The van der Waals surface area contributed by atoms with E-state index in [9.17, 15) is 23.4 Å². The highest BCUT2D eigenvalue weighted by Gasteiger charge is 2.60. The maximum atomic E-state index is 11.9. The number of carbonyl (C=O) groups excluding carboxylic acids is 1. The Kier molecular flexibility index (Phi) is 6.33. The summed E-state index contributed by atoms with van der Waals surface area (Å²) in [5.41, 5.74) is 1.26. The van der Waals surface area contributed by atoms with Crippen molar-refractivity contribution >= 4 is 44.5 Å². The molecule has 0 spiro atoms. The van der Waals surface area contributed by atoms with Gasteiger partial charge in [-0.2, -0.15) is 18.4 Å². The molecule has 5 aliphatic rings. The molecule has 3 heterocycles. The number of hydrogen-bond acceptors (Lipinski definition) is 10. The van der Waals surface area contributed by atoms with E-state index in [1.807, 2.05) is 0 Å². The van der Waals surface area contributed by atoms with Crippen molar-refractivity contribution in [1.29, 1.82) is 0 Å². The minimum atomic E-state index is -4.44. The van der Waals surface area contributed by atoms with E-state index in [0.717, 1.165) is 19.3 Å². The zero-order valence-electron chi connectivity index (χ0n) is 21.9. The molecule has 1 saturated heterocycles. The molecule has 8 atom stereocenters. The van der Waals surface area contributed by atoms with Crippen LogP contribution < -0.4 is 5.32 Å². The van der Waals surface area contributed by atoms with Gasteiger partial charge in [-0.15, -0.1) is 0 Å². The molecular formula is C25H34ClN5O7S. The number of ether oxygens (including phenoxy) is 1. The van der Waals surface area contributed by atoms with Gasteiger partial charge in [-0.25, -0.2) is 4.98 Å². The van der Waals surface area contributed by atoms with Gasteiger partial charge in [0.25, 0.3) is 10.1 Å². The van der Waals surface area contributed by atoms with E-state index in [1.165, 1.54) is 30.2 Å². The molecule has 4 bridgehead atoms. The molecule has 1 aliphatic heterocycles. The summed E-state index contributed by atoms with van der Waals surface area (Å²) < 4.78 is 38.2. The van der Waals surface area contributed by atoms with Crippen LogP contribution in [0.3, 0.4) is 0 Å². The number of nitrogens with zero attached hydrogens (tertiary/aromatic N) is 4. The summed E-state index contributed by atoms with van der Waals surface area (Å²) in [4.78, 5) is 25.3. The maximum absolute atomic E-state index is 11.9. The fourth-order valence-electron chi connectivity index (χ4n) is 8.78. The van der Waals surface area contributed by atoms with E-state index in [4.69, 9.17) is 20.9 Å². The van der Waals surface area contributed by atoms with Crippen LogP contribution in [0.25, 0.3) is 11.2 Å². The topological polar surface area (TPSA) is 177 Å². The van der Waals surface area contributed by atoms with Gasteiger partial charge in [-0.05, 0) is 73.3 Å². The van der Waals surface area contributed by atoms with Crippen LogP contribution in [-0.2, 0) is 19.6 Å². The molecule has 14 heteroatoms. The third kappa shape index (κ3) is 5.06. The molecule has 4 aliphatic carbocycles. The van der Waals surface area contributed by atoms with Gasteiger partial charge in [0.1, 0.15) is 23.7 Å². The lowest BCUT2D eigenvalue weighted by atomic mass is 9.43. The predicted molar refractivity (Wildman–Crippen MR) is 141 cm³/mol. The Labute approximate surface area is 231 Å². The molecule has 7 rings (SSSR count). The zero-order chi connectivity index (χ0) is 28.0. The van der Waals surface area contributed by atoms with Crippen LogP contribution in [0, 0.1) is 16.7 Å². The molecular weight excluding hydrogens is 550 g/mol. The van der Waals surface area contributed by atoms with Crippen molar-refractivity contribution in [2.45, 2.75) is 95.3 Å². The smallest absolute Gasteiger partial charge is 0.272 e. The third-order valence-electron chi connectivity index (χ3n) is 9.07. The number of fused-ring (bicyclic) bond motifs is 1. The molecule has 2 aromatic rings. The molecule has 214 valence electrons. The number of anilines is 1. The maximum Gasteiger partial charge on any atom is 0.272 e. The van der Waals surface area contributed by atoms with Gasteiger partial charge in [0, 0.05) is 12.0 Å². The summed E-state index contributed by atoms with van der Waals surface area (Å²) in [5.74, 6) is -0.543. The van der Waals surface area contributed by atoms with Crippen molar-refractivity contribution in [2.24, 2.45) is 16.7 Å². The Balaban J connectivity index is 1.25. The van der Waals surface area contributed by atoms with Crippen molar-refractivity contribution in [2.75, 3.05) is 11.1 Å². The first-order chi connectivity index (χ1) is 18.2. The van der Waals surface area contributed by atoms with Crippen LogP contribution in [0.5, 0.6) is 0 Å². The van der Waals surface area contributed by atoms with Gasteiger partial charge in [0.15, 0.2) is 23.2 Å². The van der Waals surface area contributed by atoms with Gasteiger partial charge in [-0.3, -0.25) is 13.9 Å². The first-order valence-electron chi connectivity index (χ1n) is 13.3. The summed E-state index contributed by atoms with van der Waals surface area (Å²) in [6.07, 6.45) is 3.34. The fourth-order valence-corrected chi connectivity index (χ4v) is 9.49. The monoisotopic (exact) mass is 583 g/mol. The number of ketones is 1. The van der Waals surface area contributed by atoms with Crippen LogP contribution in [0.15, 0.2) is 6.33 Å². The Morgan fingerprint density at radius 1 is 1.15 bits per heavy atom. The average Bonchev–Trinajstić information content (AvgIpc) is 3.29. The first-order valence-corrected chi connectivity index (χ1v) is 15.3. The number of aliphatic hydroxyl groups excluding tert-OH is 2. The van der Waals surface area contributed by atoms with Crippen LogP contribution in [-0.4, -0.2) is 78.1 Å². The Hall–Kier alpha value is -1.90. The summed E-state index contributed by atoms with van der Waals surface area (Å²) in [7, 11) is -4.44. The van der Waals surface area contributed by atoms with Gasteiger partial charge >= 0.3 is 0 Å². The lowest BCUT2D eigenvalue weighted by Gasteiger charge is -2.65. The lowest BCUT2D eigenvalue weighted by molar-refractivity contribution is -0.118. The molecule has 12 nitrogen and oxygen atoms in total. The van der Waals surface area contributed by atoms with Gasteiger partial charge in [-0.1, -0.05) is 13.8 Å². The van der Waals surface area contributed by atoms with Gasteiger partial charge in [0.2, 0.25) is 5.28 Å². The standard InChI is InChI=1S/C25H34ClN5O7S/c1-23-5-13-6-24(2,9-23)11-25(7-13,10-23)30-19-16-20(29-22(26)28-19)31(12-27-16)21-18(34)17(33)15(38-21)4-3-14(32)8-39(35,36)37/h12-13,15,17-18,21,33-34H,3-11H2,1-2H3,(H,28,29,30)(H,35,36,37)/t13-,15-,17+,18?,21-,23+,24-,25-/m1/s1. The second-order valence-corrected chi connectivity index (χ2v) is 14.8. The number of Topliss-reactive ketones (excluding diaryl/α,β-unsaturated/α-hetero) is 1. The summed E-state index contributed by atoms with van der Waals surface area (Å²) in [6.45, 7) is 4.78. The summed E-state index contributed by atoms with van der Waals surface area (Å²) in [5, 5.41) is 25.1. The van der Waals surface area contributed by atoms with E-state index in [0.29, 0.717) is 22.9 Å². The number of hydrogen-bond donors (Lipinski definition) is 4. The largest absolute Gasteiger partial charge is 0.388 e. The van der Waals surface area contributed by atoms with Crippen molar-refractivity contribution in [3.63, 3.8) is 0 Å². The van der Waals surface area contributed by atoms with E-state index < -0.39 is 46.2 Å². The number of aromatic nitrogens is 4. The van der Waals surface area contributed by atoms with E-state index >= 15 is 0 Å². The van der Waals surface area contributed by atoms with Crippen LogP contribution in [0.1, 0.15) is 71.4 Å². The van der Waals surface area contributed by atoms with Crippen LogP contribution in [0.2, 0.25) is 5.28 Å². The number of nitrogens with one attached hydrogen (secondary N) is 1. The van der Waals surface area contributed by atoms with Crippen molar-refractivity contribution < 1.29 is 32.7 Å². The van der Waals surface area contributed by atoms with E-state index in [-0.39, 0.29) is 34.5 Å². The fraction of sp³-hybridized carbons (Fsp3) is 0.760. The number of rotatable bonds is 8. The minimum absolute atomic E-state index is 0.00861. The zero-order valence-corrected chi connectivity index (χ0v) is 23.5. The first kappa shape index (κ1) is 27.3. The molecule has 0 radical (unpaired) electrons. The number of aliphatic hydroxyl groups is 2. The molecule has 0 aromatic carbocycles. The minimum Gasteiger partial charge on any atom is -0.388 e. The quantitative estimate of drug-likeness (QED) is 0.265. The molecule has 4 N–H and O–H groups in total. The third-order valence-corrected chi connectivity index (χ3v) is 9.92. The predicted octanol–water partition coefficient (Wildman–Crippen LogP) is 2.50. The van der Waals surface area contributed by atoms with Gasteiger partial charge < -0.3 is 20.3 Å². The average molecular weight is 584 g/mol. The number of carbonyl (C=O) groups is 1. The Morgan fingerprint density at radius 3 is 2.49 bits per heavy atom. The highest BCUT2D eigenvalue weighted by molar-refractivity contribution is 7.86. The highest BCUT2D eigenvalue weighted by atomic mass is 35.5. The second-order valence-electron chi connectivity index (χ2n) is 13.1. The molecule has 5 fully saturated rings. The van der Waals surface area contributed by atoms with Crippen molar-refractivity contribution in [3.8, 4) is 0 Å². The lowest BCUT2D eigenvalue weighted by Crippen LogP contribution is -2.61. The second kappa shape index (κ2) is 9.05. The molecule has 2 aromatic heterocycles. The van der Waals surface area contributed by atoms with Crippen molar-refractivity contribution in [3.05, 3.63) is 11.6 Å². The van der Waals surface area contributed by atoms with E-state index in [2.05, 4.69) is 34.1 Å². The van der Waals surface area contributed by atoms with Crippen LogP contribution >= 0.6 is 11.6 Å². The van der Waals surface area contributed by atoms with Gasteiger partial charge in [0.05, 0.1) is 12.4 Å². The number of imidazole rings is 1. The van der Waals surface area contributed by atoms with Crippen LogP contribution in [0.4, 0.5) is 5.82 Å².